The summed E-state index contributed by atoms with van der Waals surface area (Å²) in [6, 6.07) is 65.6. The van der Waals surface area contributed by atoms with Crippen LogP contribution >= 0.6 is 0 Å². The zero-order chi connectivity index (χ0) is 34.2. The van der Waals surface area contributed by atoms with Crippen LogP contribution < -0.4 is 0 Å². The molecule has 1 heterocycles. The van der Waals surface area contributed by atoms with Gasteiger partial charge in [-0.05, 0) is 94.7 Å². The van der Waals surface area contributed by atoms with Crippen LogP contribution in [0.15, 0.2) is 182 Å². The van der Waals surface area contributed by atoms with Gasteiger partial charge in [-0.3, -0.25) is 0 Å². The van der Waals surface area contributed by atoms with Gasteiger partial charge in [0.15, 0.2) is 5.82 Å². The van der Waals surface area contributed by atoms with Crippen molar-refractivity contribution in [2.24, 2.45) is 0 Å². The molecular formula is C50H30N2. The normalized spacial score (nSPS) is 11.8. The number of fused-ring (bicyclic) bond motifs is 7. The molecule has 0 radical (unpaired) electrons. The third kappa shape index (κ3) is 4.44. The zero-order valence-corrected chi connectivity index (χ0v) is 28.2. The minimum atomic E-state index is 0.708. The van der Waals surface area contributed by atoms with E-state index in [1.165, 1.54) is 76.5 Å². The van der Waals surface area contributed by atoms with Gasteiger partial charge in [-0.1, -0.05) is 164 Å². The van der Waals surface area contributed by atoms with Gasteiger partial charge in [-0.2, -0.15) is 0 Å². The van der Waals surface area contributed by atoms with Gasteiger partial charge in [0.1, 0.15) is 0 Å². The summed E-state index contributed by atoms with van der Waals surface area (Å²) >= 11 is 0. The average Bonchev–Trinajstić information content (AvgIpc) is 3.54. The number of nitrogens with zero attached hydrogens (tertiary/aromatic N) is 2. The molecule has 11 rings (SSSR count). The summed E-state index contributed by atoms with van der Waals surface area (Å²) < 4.78 is 0. The molecule has 2 heteroatoms. The highest BCUT2D eigenvalue weighted by atomic mass is 14.9. The summed E-state index contributed by atoms with van der Waals surface area (Å²) in [5.74, 6) is 0.708. The second-order valence-corrected chi connectivity index (χ2v) is 13.7. The van der Waals surface area contributed by atoms with Crippen LogP contribution in [0.4, 0.5) is 0 Å². The summed E-state index contributed by atoms with van der Waals surface area (Å²) in [5, 5.41) is 9.85. The molecule has 10 aromatic rings. The fraction of sp³-hybridized carbons (Fsp3) is 0. The van der Waals surface area contributed by atoms with Crippen molar-refractivity contribution in [1.29, 1.82) is 0 Å². The Balaban J connectivity index is 1.17. The molecule has 2 nitrogen and oxygen atoms in total. The average molecular weight is 659 g/mol. The molecule has 0 saturated carbocycles. The molecule has 0 atom stereocenters. The third-order valence-electron chi connectivity index (χ3n) is 10.8. The summed E-state index contributed by atoms with van der Waals surface area (Å²) in [7, 11) is 0. The van der Waals surface area contributed by atoms with Crippen LogP contribution in [0.5, 0.6) is 0 Å². The van der Waals surface area contributed by atoms with Crippen molar-refractivity contribution in [3.8, 4) is 67.3 Å². The molecule has 1 aliphatic rings. The Kier molecular flexibility index (Phi) is 6.28. The maximum absolute atomic E-state index is 5.41. The van der Waals surface area contributed by atoms with Crippen LogP contribution in [0, 0.1) is 0 Å². The Morgan fingerprint density at radius 2 is 0.923 bits per heavy atom. The standard InChI is InChI=1S/C50H30N2/c1-2-10-31(11-3-1)32-20-22-35(23-21-32)50-51-46(37-25-26-40-41-18-8-14-34-15-9-19-42(48(34)41)45(40)29-37)30-47(52-50)49-39-17-7-5-13-36(39)28-44-38-16-6-4-12-33(38)24-27-43(44)49/h1-30H. The first-order valence-corrected chi connectivity index (χ1v) is 17.8. The van der Waals surface area contributed by atoms with Gasteiger partial charge in [0.2, 0.25) is 0 Å². The molecule has 0 saturated heterocycles. The molecule has 52 heavy (non-hydrogen) atoms. The first-order chi connectivity index (χ1) is 25.8. The zero-order valence-electron chi connectivity index (χ0n) is 28.2. The first-order valence-electron chi connectivity index (χ1n) is 17.8. The van der Waals surface area contributed by atoms with Gasteiger partial charge in [0, 0.05) is 16.7 Å². The monoisotopic (exact) mass is 658 g/mol. The predicted octanol–water partition coefficient (Wildman–Crippen LogP) is 13.4. The molecule has 1 aromatic heterocycles. The Bertz CT molecular complexity index is 3050. The van der Waals surface area contributed by atoms with Crippen LogP contribution in [0.1, 0.15) is 0 Å². The van der Waals surface area contributed by atoms with E-state index in [2.05, 4.69) is 182 Å². The summed E-state index contributed by atoms with van der Waals surface area (Å²) in [5.41, 5.74) is 12.5. The third-order valence-corrected chi connectivity index (χ3v) is 10.8. The van der Waals surface area contributed by atoms with Gasteiger partial charge in [0.25, 0.3) is 0 Å². The molecular weight excluding hydrogens is 629 g/mol. The van der Waals surface area contributed by atoms with Crippen LogP contribution in [0.2, 0.25) is 0 Å². The van der Waals surface area contributed by atoms with Gasteiger partial charge in [-0.25, -0.2) is 9.97 Å². The minimum absolute atomic E-state index is 0.708. The number of hydrogen-bond acceptors (Lipinski definition) is 2. The minimum Gasteiger partial charge on any atom is -0.228 e. The van der Waals surface area contributed by atoms with E-state index in [1.54, 1.807) is 0 Å². The molecule has 9 aromatic carbocycles. The summed E-state index contributed by atoms with van der Waals surface area (Å²) in [4.78, 5) is 10.7. The lowest BCUT2D eigenvalue weighted by atomic mass is 9.91. The van der Waals surface area contributed by atoms with Crippen LogP contribution in [-0.2, 0) is 0 Å². The number of rotatable bonds is 4. The highest BCUT2D eigenvalue weighted by molar-refractivity contribution is 6.20. The highest BCUT2D eigenvalue weighted by Gasteiger charge is 2.23. The van der Waals surface area contributed by atoms with Crippen molar-refractivity contribution >= 4 is 43.1 Å². The van der Waals surface area contributed by atoms with E-state index >= 15 is 0 Å². The Morgan fingerprint density at radius 1 is 0.288 bits per heavy atom. The second kappa shape index (κ2) is 11.3. The number of hydrogen-bond donors (Lipinski definition) is 0. The highest BCUT2D eigenvalue weighted by Crippen LogP contribution is 2.48. The molecule has 0 aliphatic heterocycles. The van der Waals surface area contributed by atoms with E-state index in [4.69, 9.17) is 9.97 Å². The van der Waals surface area contributed by atoms with E-state index in [0.29, 0.717) is 5.82 Å². The van der Waals surface area contributed by atoms with Crippen molar-refractivity contribution in [3.63, 3.8) is 0 Å². The van der Waals surface area contributed by atoms with Crippen molar-refractivity contribution in [3.05, 3.63) is 182 Å². The van der Waals surface area contributed by atoms with Crippen molar-refractivity contribution in [2.45, 2.75) is 0 Å². The molecule has 1 aliphatic carbocycles. The molecule has 0 N–H and O–H groups in total. The summed E-state index contributed by atoms with van der Waals surface area (Å²) in [6.45, 7) is 0. The predicted molar refractivity (Wildman–Crippen MR) is 218 cm³/mol. The van der Waals surface area contributed by atoms with Crippen LogP contribution in [-0.4, -0.2) is 9.97 Å². The fourth-order valence-corrected chi connectivity index (χ4v) is 8.34. The van der Waals surface area contributed by atoms with Gasteiger partial charge >= 0.3 is 0 Å². The molecule has 240 valence electrons. The SMILES string of the molecule is c1ccc(-c2ccc(-c3nc(-c4ccc5c(c4)-c4cccc6cccc-5c46)cc(-c4c5ccccc5cc5c4ccc4ccccc45)n3)cc2)cc1. The van der Waals surface area contributed by atoms with Crippen molar-refractivity contribution in [1.82, 2.24) is 9.97 Å². The molecule has 0 amide bonds. The Labute approximate surface area is 301 Å². The lowest BCUT2D eigenvalue weighted by Gasteiger charge is -2.16. The van der Waals surface area contributed by atoms with Crippen LogP contribution in [0.3, 0.4) is 0 Å². The molecule has 0 fully saturated rings. The molecule has 0 unspecified atom stereocenters. The van der Waals surface area contributed by atoms with E-state index in [-0.39, 0.29) is 0 Å². The largest absolute Gasteiger partial charge is 0.228 e. The smallest absolute Gasteiger partial charge is 0.160 e. The van der Waals surface area contributed by atoms with E-state index < -0.39 is 0 Å². The topological polar surface area (TPSA) is 25.8 Å². The Morgan fingerprint density at radius 3 is 1.75 bits per heavy atom. The van der Waals surface area contributed by atoms with E-state index in [1.807, 2.05) is 0 Å². The lowest BCUT2D eigenvalue weighted by molar-refractivity contribution is 1.19. The lowest BCUT2D eigenvalue weighted by Crippen LogP contribution is -1.97. The molecule has 0 bridgehead atoms. The van der Waals surface area contributed by atoms with Crippen molar-refractivity contribution in [2.75, 3.05) is 0 Å². The maximum Gasteiger partial charge on any atom is 0.160 e. The van der Waals surface area contributed by atoms with Gasteiger partial charge < -0.3 is 0 Å². The van der Waals surface area contributed by atoms with Gasteiger partial charge in [-0.15, -0.1) is 0 Å². The fourth-order valence-electron chi connectivity index (χ4n) is 8.34. The van der Waals surface area contributed by atoms with E-state index in [0.717, 1.165) is 28.1 Å². The quantitative estimate of drug-likeness (QED) is 0.139. The van der Waals surface area contributed by atoms with Crippen LogP contribution in [0.25, 0.3) is 110 Å². The number of aromatic nitrogens is 2. The maximum atomic E-state index is 5.41. The van der Waals surface area contributed by atoms with Crippen molar-refractivity contribution < 1.29 is 0 Å². The summed E-state index contributed by atoms with van der Waals surface area (Å²) in [6.07, 6.45) is 0. The Hall–Kier alpha value is -6.90. The van der Waals surface area contributed by atoms with E-state index in [9.17, 15) is 0 Å². The number of benzene rings is 9. The molecule has 0 spiro atoms. The second-order valence-electron chi connectivity index (χ2n) is 13.7. The van der Waals surface area contributed by atoms with Gasteiger partial charge in [0.05, 0.1) is 11.4 Å². The first kappa shape index (κ1) is 28.9.